The van der Waals surface area contributed by atoms with Crippen molar-refractivity contribution in [2.24, 2.45) is 5.14 Å². The van der Waals surface area contributed by atoms with Crippen molar-refractivity contribution in [3.63, 3.8) is 0 Å². The molecule has 2 aromatic rings. The number of ether oxygens (including phenoxy) is 3. The number of primary sulfonamides is 1. The molecule has 0 saturated heterocycles. The number of carbonyl (C=O) groups excluding carboxylic acids is 1. The maximum atomic E-state index is 12.6. The van der Waals surface area contributed by atoms with Gasteiger partial charge in [-0.25, -0.2) is 18.4 Å². The van der Waals surface area contributed by atoms with Gasteiger partial charge in [0.2, 0.25) is 21.7 Å². The Morgan fingerprint density at radius 1 is 1.19 bits per heavy atom. The molecule has 176 valence electrons. The number of hydrogen-bond acceptors (Lipinski definition) is 9. The summed E-state index contributed by atoms with van der Waals surface area (Å²) in [5.41, 5.74) is -0.650. The molecule has 0 fully saturated rings. The molecule has 4 N–H and O–H groups in total. The van der Waals surface area contributed by atoms with Crippen molar-refractivity contribution < 1.29 is 36.9 Å². The molecule has 2 rings (SSSR count). The lowest BCUT2D eigenvalue weighted by atomic mass is 9.87. The normalized spacial score (nSPS) is 12.2. The van der Waals surface area contributed by atoms with Crippen LogP contribution >= 0.6 is 0 Å². The standard InChI is InChI=1S/C20H26N2O9S/c1-11-9-14(23)17(20(25)31-11)13(10-16(24)22-7-8-32(21,26)27)12-5-6-15(28-2)19(30-4)18(12)29-3/h5-6,9,13,23H,7-8,10H2,1-4H3,(H,22,24)(H2,21,26,27)/t13-/m0/s1. The number of methoxy groups -OCH3 is 3. The fraction of sp³-hybridized carbons (Fsp3) is 0.400. The molecular weight excluding hydrogens is 444 g/mol. The van der Waals surface area contributed by atoms with Crippen LogP contribution in [0.2, 0.25) is 0 Å². The summed E-state index contributed by atoms with van der Waals surface area (Å²) in [6.45, 7) is 1.28. The molecule has 0 aliphatic rings. The average molecular weight is 471 g/mol. The van der Waals surface area contributed by atoms with Gasteiger partial charge >= 0.3 is 5.63 Å². The Bertz CT molecular complexity index is 1140. The Morgan fingerprint density at radius 2 is 1.84 bits per heavy atom. The lowest BCUT2D eigenvalue weighted by Gasteiger charge is -2.22. The lowest BCUT2D eigenvalue weighted by Crippen LogP contribution is -2.33. The van der Waals surface area contributed by atoms with E-state index in [2.05, 4.69) is 5.32 Å². The number of aryl methyl sites for hydroxylation is 1. The van der Waals surface area contributed by atoms with E-state index in [1.807, 2.05) is 0 Å². The van der Waals surface area contributed by atoms with Crippen LogP contribution in [-0.4, -0.2) is 53.1 Å². The number of amides is 1. The SMILES string of the molecule is COc1ccc([C@H](CC(=O)NCCS(N)(=O)=O)c2c(O)cc(C)oc2=O)c(OC)c1OC. The Kier molecular flexibility index (Phi) is 8.11. The van der Waals surface area contributed by atoms with Gasteiger partial charge in [0.15, 0.2) is 11.5 Å². The van der Waals surface area contributed by atoms with Crippen LogP contribution in [0.4, 0.5) is 0 Å². The summed E-state index contributed by atoms with van der Waals surface area (Å²) in [5, 5.41) is 17.9. The van der Waals surface area contributed by atoms with Crippen LogP contribution in [0.5, 0.6) is 23.0 Å². The molecule has 1 aromatic heterocycles. The maximum absolute atomic E-state index is 12.6. The topological polar surface area (TPSA) is 167 Å². The number of hydrogen-bond donors (Lipinski definition) is 3. The van der Waals surface area contributed by atoms with Crippen molar-refractivity contribution in [3.8, 4) is 23.0 Å². The van der Waals surface area contributed by atoms with E-state index in [-0.39, 0.29) is 41.5 Å². The number of rotatable bonds is 10. The van der Waals surface area contributed by atoms with Crippen molar-refractivity contribution in [1.82, 2.24) is 5.32 Å². The lowest BCUT2D eigenvalue weighted by molar-refractivity contribution is -0.121. The van der Waals surface area contributed by atoms with E-state index < -0.39 is 33.2 Å². The molecule has 0 spiro atoms. The second-order valence-corrected chi connectivity index (χ2v) is 8.57. The number of aromatic hydroxyl groups is 1. The molecule has 1 heterocycles. The Balaban J connectivity index is 2.58. The van der Waals surface area contributed by atoms with Crippen LogP contribution in [-0.2, 0) is 14.8 Å². The first-order chi connectivity index (χ1) is 15.0. The van der Waals surface area contributed by atoms with Crippen LogP contribution in [0.15, 0.2) is 27.4 Å². The van der Waals surface area contributed by atoms with E-state index in [0.717, 1.165) is 0 Å². The van der Waals surface area contributed by atoms with Crippen LogP contribution in [0.25, 0.3) is 0 Å². The molecule has 32 heavy (non-hydrogen) atoms. The molecule has 12 heteroatoms. The van der Waals surface area contributed by atoms with Gasteiger partial charge in [-0.3, -0.25) is 4.79 Å². The zero-order valence-electron chi connectivity index (χ0n) is 18.1. The molecule has 11 nitrogen and oxygen atoms in total. The van der Waals surface area contributed by atoms with Crippen molar-refractivity contribution in [2.45, 2.75) is 19.3 Å². The second kappa shape index (κ2) is 10.4. The summed E-state index contributed by atoms with van der Waals surface area (Å²) in [5.74, 6) is -1.47. The number of carbonyl (C=O) groups is 1. The minimum absolute atomic E-state index is 0.164. The minimum atomic E-state index is -3.77. The minimum Gasteiger partial charge on any atom is -0.507 e. The molecule has 0 aliphatic carbocycles. The Morgan fingerprint density at radius 3 is 2.38 bits per heavy atom. The first kappa shape index (κ1) is 25.0. The number of benzene rings is 1. The van der Waals surface area contributed by atoms with Crippen LogP contribution in [0.3, 0.4) is 0 Å². The fourth-order valence-corrected chi connectivity index (χ4v) is 3.67. The van der Waals surface area contributed by atoms with Crippen LogP contribution < -0.4 is 30.3 Å². The van der Waals surface area contributed by atoms with Crippen LogP contribution in [0.1, 0.15) is 29.2 Å². The highest BCUT2D eigenvalue weighted by Crippen LogP contribution is 2.45. The van der Waals surface area contributed by atoms with E-state index in [1.165, 1.54) is 34.3 Å². The predicted molar refractivity (Wildman–Crippen MR) is 115 cm³/mol. The number of sulfonamides is 1. The Labute approximate surface area is 185 Å². The Hall–Kier alpha value is -3.25. The van der Waals surface area contributed by atoms with Crippen molar-refractivity contribution in [3.05, 3.63) is 45.5 Å². The summed E-state index contributed by atoms with van der Waals surface area (Å²) in [6.07, 6.45) is -0.335. The zero-order chi connectivity index (χ0) is 24.1. The highest BCUT2D eigenvalue weighted by atomic mass is 32.2. The van der Waals surface area contributed by atoms with Gasteiger partial charge < -0.3 is 29.1 Å². The average Bonchev–Trinajstić information content (AvgIpc) is 2.70. The summed E-state index contributed by atoms with van der Waals surface area (Å²) in [6, 6.07) is 4.40. The number of nitrogens with two attached hydrogens (primary N) is 1. The van der Waals surface area contributed by atoms with Gasteiger partial charge in [-0.05, 0) is 13.0 Å². The summed E-state index contributed by atoms with van der Waals surface area (Å²) in [7, 11) is 0.446. The molecule has 0 radical (unpaired) electrons. The monoisotopic (exact) mass is 470 g/mol. The molecule has 0 saturated carbocycles. The van der Waals surface area contributed by atoms with E-state index >= 15 is 0 Å². The molecule has 1 amide bonds. The van der Waals surface area contributed by atoms with E-state index in [1.54, 1.807) is 12.1 Å². The maximum Gasteiger partial charge on any atom is 0.343 e. The fourth-order valence-electron chi connectivity index (χ4n) is 3.28. The summed E-state index contributed by atoms with van der Waals surface area (Å²) >= 11 is 0. The summed E-state index contributed by atoms with van der Waals surface area (Å²) in [4.78, 5) is 25.2. The van der Waals surface area contributed by atoms with Crippen LogP contribution in [0, 0.1) is 6.92 Å². The predicted octanol–water partition coefficient (Wildman–Crippen LogP) is 0.606. The van der Waals surface area contributed by atoms with E-state index in [0.29, 0.717) is 11.3 Å². The van der Waals surface area contributed by atoms with Gasteiger partial charge in [-0.2, -0.15) is 0 Å². The molecule has 1 aromatic carbocycles. The van der Waals surface area contributed by atoms with Gasteiger partial charge in [0.25, 0.3) is 0 Å². The highest BCUT2D eigenvalue weighted by molar-refractivity contribution is 7.89. The quantitative estimate of drug-likeness (QED) is 0.450. The zero-order valence-corrected chi connectivity index (χ0v) is 18.9. The molecule has 0 unspecified atom stereocenters. The van der Waals surface area contributed by atoms with Crippen molar-refractivity contribution >= 4 is 15.9 Å². The summed E-state index contributed by atoms with van der Waals surface area (Å²) < 4.78 is 43.5. The largest absolute Gasteiger partial charge is 0.507 e. The third-order valence-electron chi connectivity index (χ3n) is 4.65. The third-order valence-corrected chi connectivity index (χ3v) is 5.42. The molecule has 0 bridgehead atoms. The van der Waals surface area contributed by atoms with Gasteiger partial charge in [0.1, 0.15) is 11.5 Å². The number of nitrogens with one attached hydrogen (secondary N) is 1. The van der Waals surface area contributed by atoms with Gasteiger partial charge in [-0.1, -0.05) is 6.07 Å². The van der Waals surface area contributed by atoms with Crippen molar-refractivity contribution in [1.29, 1.82) is 0 Å². The van der Waals surface area contributed by atoms with E-state index in [9.17, 15) is 23.1 Å². The first-order valence-electron chi connectivity index (χ1n) is 9.42. The first-order valence-corrected chi connectivity index (χ1v) is 11.1. The van der Waals surface area contributed by atoms with E-state index in [4.69, 9.17) is 23.8 Å². The van der Waals surface area contributed by atoms with Crippen molar-refractivity contribution in [2.75, 3.05) is 33.6 Å². The smallest absolute Gasteiger partial charge is 0.343 e. The molecular formula is C20H26N2O9S. The third kappa shape index (κ3) is 5.92. The molecule has 0 aliphatic heterocycles. The van der Waals surface area contributed by atoms with Gasteiger partial charge in [-0.15, -0.1) is 0 Å². The molecule has 1 atom stereocenters. The van der Waals surface area contributed by atoms with Gasteiger partial charge in [0, 0.05) is 30.5 Å². The second-order valence-electron chi connectivity index (χ2n) is 6.84. The van der Waals surface area contributed by atoms with Gasteiger partial charge in [0.05, 0.1) is 32.6 Å². The highest BCUT2D eigenvalue weighted by Gasteiger charge is 2.30.